The van der Waals surface area contributed by atoms with Gasteiger partial charge in [0.15, 0.2) is 0 Å². The number of likely N-dealkylation sites (tertiary alicyclic amines) is 1. The number of aldehydes is 1. The van der Waals surface area contributed by atoms with E-state index in [-0.39, 0.29) is 34.8 Å². The molecule has 0 aromatic heterocycles. The van der Waals surface area contributed by atoms with E-state index < -0.39 is 7.12 Å². The van der Waals surface area contributed by atoms with Crippen LogP contribution in [-0.2, 0) is 4.74 Å². The van der Waals surface area contributed by atoms with Crippen LogP contribution in [0.15, 0.2) is 48.5 Å². The number of amides is 1. The SMILES string of the molecule is O=Cc1cc(C(=O)N2CC(c3ccccc3)C3COCCC32)ccc1B(O)O. The maximum absolute atomic E-state index is 13.3. The highest BCUT2D eigenvalue weighted by molar-refractivity contribution is 6.60. The Morgan fingerprint density at radius 3 is 2.68 bits per heavy atom. The molecular formula is C21H22BNO5. The van der Waals surface area contributed by atoms with Crippen LogP contribution in [0.3, 0.4) is 0 Å². The fourth-order valence-electron chi connectivity index (χ4n) is 4.50. The van der Waals surface area contributed by atoms with Gasteiger partial charge in [0, 0.05) is 42.2 Å². The van der Waals surface area contributed by atoms with Crippen molar-refractivity contribution in [2.24, 2.45) is 5.92 Å². The number of ether oxygens (including phenoxy) is 1. The topological polar surface area (TPSA) is 87.1 Å². The first-order valence-electron chi connectivity index (χ1n) is 9.49. The van der Waals surface area contributed by atoms with Crippen molar-refractivity contribution < 1.29 is 24.4 Å². The molecule has 2 aromatic rings. The molecule has 2 heterocycles. The second kappa shape index (κ2) is 7.87. The second-order valence-corrected chi connectivity index (χ2v) is 7.40. The monoisotopic (exact) mass is 379 g/mol. The molecule has 3 unspecified atom stereocenters. The minimum atomic E-state index is -1.75. The summed E-state index contributed by atoms with van der Waals surface area (Å²) in [6, 6.07) is 14.7. The van der Waals surface area contributed by atoms with Gasteiger partial charge in [-0.1, -0.05) is 36.4 Å². The molecule has 6 nitrogen and oxygen atoms in total. The Bertz CT molecular complexity index is 872. The minimum Gasteiger partial charge on any atom is -0.423 e. The Balaban J connectivity index is 1.64. The van der Waals surface area contributed by atoms with Crippen molar-refractivity contribution in [3.8, 4) is 0 Å². The smallest absolute Gasteiger partial charge is 0.423 e. The van der Waals surface area contributed by atoms with Gasteiger partial charge in [-0.3, -0.25) is 9.59 Å². The molecule has 2 N–H and O–H groups in total. The lowest BCUT2D eigenvalue weighted by atomic mass is 9.76. The Kier molecular flexibility index (Phi) is 5.30. The van der Waals surface area contributed by atoms with Gasteiger partial charge >= 0.3 is 7.12 Å². The third kappa shape index (κ3) is 3.37. The zero-order valence-corrected chi connectivity index (χ0v) is 15.4. The van der Waals surface area contributed by atoms with Gasteiger partial charge in [-0.2, -0.15) is 0 Å². The molecule has 7 heteroatoms. The van der Waals surface area contributed by atoms with Crippen molar-refractivity contribution in [2.45, 2.75) is 18.4 Å². The molecule has 2 aromatic carbocycles. The van der Waals surface area contributed by atoms with Crippen molar-refractivity contribution in [3.63, 3.8) is 0 Å². The summed E-state index contributed by atoms with van der Waals surface area (Å²) in [5.41, 5.74) is 1.79. The molecule has 0 bridgehead atoms. The summed E-state index contributed by atoms with van der Waals surface area (Å²) >= 11 is 0. The number of fused-ring (bicyclic) bond motifs is 1. The number of rotatable bonds is 4. The van der Waals surface area contributed by atoms with Crippen LogP contribution in [0.5, 0.6) is 0 Å². The summed E-state index contributed by atoms with van der Waals surface area (Å²) in [4.78, 5) is 26.5. The first kappa shape index (κ1) is 18.9. The van der Waals surface area contributed by atoms with Gasteiger partial charge in [0.1, 0.15) is 6.29 Å². The Morgan fingerprint density at radius 1 is 1.18 bits per heavy atom. The van der Waals surface area contributed by atoms with Gasteiger partial charge in [-0.25, -0.2) is 0 Å². The number of nitrogens with zero attached hydrogens (tertiary/aromatic N) is 1. The number of carbonyl (C=O) groups excluding carboxylic acids is 2. The maximum Gasteiger partial charge on any atom is 0.489 e. The third-order valence-electron chi connectivity index (χ3n) is 5.90. The number of benzene rings is 2. The van der Waals surface area contributed by atoms with Crippen LogP contribution in [0.2, 0.25) is 0 Å². The fourth-order valence-corrected chi connectivity index (χ4v) is 4.50. The molecule has 2 aliphatic heterocycles. The van der Waals surface area contributed by atoms with Crippen LogP contribution >= 0.6 is 0 Å². The zero-order chi connectivity index (χ0) is 19.7. The molecule has 0 aliphatic carbocycles. The first-order chi connectivity index (χ1) is 13.6. The van der Waals surface area contributed by atoms with Crippen molar-refractivity contribution in [1.29, 1.82) is 0 Å². The van der Waals surface area contributed by atoms with Crippen molar-refractivity contribution >= 4 is 24.8 Å². The normalized spacial score (nSPS) is 23.9. The Labute approximate surface area is 163 Å². The summed E-state index contributed by atoms with van der Waals surface area (Å²) in [5, 5.41) is 18.8. The summed E-state index contributed by atoms with van der Waals surface area (Å²) in [5.74, 6) is 0.307. The molecule has 3 atom stereocenters. The van der Waals surface area contributed by atoms with E-state index >= 15 is 0 Å². The average molecular weight is 379 g/mol. The molecule has 144 valence electrons. The van der Waals surface area contributed by atoms with Crippen LogP contribution in [0.4, 0.5) is 0 Å². The van der Waals surface area contributed by atoms with E-state index in [9.17, 15) is 19.6 Å². The predicted molar refractivity (Wildman–Crippen MR) is 105 cm³/mol. The van der Waals surface area contributed by atoms with Gasteiger partial charge in [0.2, 0.25) is 0 Å². The van der Waals surface area contributed by atoms with Crippen LogP contribution in [0, 0.1) is 5.92 Å². The molecule has 2 aliphatic rings. The van der Waals surface area contributed by atoms with E-state index in [4.69, 9.17) is 4.74 Å². The fraction of sp³-hybridized carbons (Fsp3) is 0.333. The minimum absolute atomic E-state index is 0.0919. The van der Waals surface area contributed by atoms with E-state index in [2.05, 4.69) is 12.1 Å². The van der Waals surface area contributed by atoms with E-state index in [0.29, 0.717) is 31.6 Å². The van der Waals surface area contributed by atoms with E-state index in [0.717, 1.165) is 6.42 Å². The zero-order valence-electron chi connectivity index (χ0n) is 15.4. The predicted octanol–water partition coefficient (Wildman–Crippen LogP) is 0.824. The molecule has 1 amide bonds. The molecule has 4 rings (SSSR count). The highest BCUT2D eigenvalue weighted by atomic mass is 16.5. The molecule has 0 saturated carbocycles. The molecule has 0 spiro atoms. The molecule has 2 fully saturated rings. The van der Waals surface area contributed by atoms with Crippen LogP contribution in [-0.4, -0.2) is 60.1 Å². The van der Waals surface area contributed by atoms with Gasteiger partial charge < -0.3 is 19.7 Å². The standard InChI is InChI=1S/C21H22BNO5/c24-12-16-10-15(6-7-19(16)22(26)27)21(25)23-11-17(14-4-2-1-3-5-14)18-13-28-9-8-20(18)23/h1-7,10,12,17-18,20,26-27H,8-9,11,13H2. The highest BCUT2D eigenvalue weighted by Crippen LogP contribution is 2.41. The maximum atomic E-state index is 13.3. The summed E-state index contributed by atoms with van der Waals surface area (Å²) in [6.45, 7) is 1.85. The third-order valence-corrected chi connectivity index (χ3v) is 5.90. The number of carbonyl (C=O) groups is 2. The Morgan fingerprint density at radius 2 is 1.96 bits per heavy atom. The summed E-state index contributed by atoms with van der Waals surface area (Å²) in [6.07, 6.45) is 1.33. The lowest BCUT2D eigenvalue weighted by Gasteiger charge is -2.32. The summed E-state index contributed by atoms with van der Waals surface area (Å²) in [7, 11) is -1.75. The quantitative estimate of drug-likeness (QED) is 0.607. The van der Waals surface area contributed by atoms with Crippen LogP contribution in [0.25, 0.3) is 0 Å². The highest BCUT2D eigenvalue weighted by Gasteiger charge is 2.46. The molecular weight excluding hydrogens is 357 g/mol. The lowest BCUT2D eigenvalue weighted by molar-refractivity contribution is 0.0189. The average Bonchev–Trinajstić information content (AvgIpc) is 3.13. The number of hydrogen-bond donors (Lipinski definition) is 2. The van der Waals surface area contributed by atoms with Crippen molar-refractivity contribution in [1.82, 2.24) is 4.90 Å². The molecule has 28 heavy (non-hydrogen) atoms. The number of hydrogen-bond acceptors (Lipinski definition) is 5. The van der Waals surface area contributed by atoms with E-state index in [1.54, 1.807) is 6.07 Å². The Hall–Kier alpha value is -2.48. The molecule has 0 radical (unpaired) electrons. The van der Waals surface area contributed by atoms with E-state index in [1.807, 2.05) is 23.1 Å². The van der Waals surface area contributed by atoms with Crippen LogP contribution < -0.4 is 5.46 Å². The van der Waals surface area contributed by atoms with E-state index in [1.165, 1.54) is 17.7 Å². The van der Waals surface area contributed by atoms with Gasteiger partial charge in [0.25, 0.3) is 5.91 Å². The van der Waals surface area contributed by atoms with Crippen molar-refractivity contribution in [2.75, 3.05) is 19.8 Å². The summed E-state index contributed by atoms with van der Waals surface area (Å²) < 4.78 is 5.71. The first-order valence-corrected chi connectivity index (χ1v) is 9.49. The molecule has 2 saturated heterocycles. The second-order valence-electron chi connectivity index (χ2n) is 7.40. The largest absolute Gasteiger partial charge is 0.489 e. The van der Waals surface area contributed by atoms with Crippen LogP contribution in [0.1, 0.15) is 38.6 Å². The van der Waals surface area contributed by atoms with Gasteiger partial charge in [-0.05, 0) is 29.6 Å². The van der Waals surface area contributed by atoms with Crippen molar-refractivity contribution in [3.05, 3.63) is 65.2 Å². The van der Waals surface area contributed by atoms with Gasteiger partial charge in [-0.15, -0.1) is 0 Å². The lowest BCUT2D eigenvalue weighted by Crippen LogP contribution is -2.42. The van der Waals surface area contributed by atoms with Gasteiger partial charge in [0.05, 0.1) is 6.61 Å².